The summed E-state index contributed by atoms with van der Waals surface area (Å²) in [5.74, 6) is -1.07. The van der Waals surface area contributed by atoms with E-state index in [0.29, 0.717) is 0 Å². The molecule has 1 aliphatic rings. The van der Waals surface area contributed by atoms with Gasteiger partial charge < -0.3 is 5.11 Å². The Morgan fingerprint density at radius 3 is 2.38 bits per heavy atom. The van der Waals surface area contributed by atoms with Crippen LogP contribution in [-0.4, -0.2) is 11.1 Å². The van der Waals surface area contributed by atoms with Gasteiger partial charge in [0, 0.05) is 0 Å². The quantitative estimate of drug-likeness (QED) is 0.746. The number of carbonyl (C=O) groups is 1. The van der Waals surface area contributed by atoms with Gasteiger partial charge in [-0.15, -0.1) is 0 Å². The van der Waals surface area contributed by atoms with Crippen LogP contribution in [0.2, 0.25) is 0 Å². The number of hydrogen-bond donors (Lipinski definition) is 1. The first-order valence-electron chi connectivity index (χ1n) is 4.20. The molecule has 0 fully saturated rings. The van der Waals surface area contributed by atoms with E-state index in [2.05, 4.69) is 0 Å². The van der Waals surface area contributed by atoms with Crippen molar-refractivity contribution in [2.45, 2.75) is 6.92 Å². The van der Waals surface area contributed by atoms with Gasteiger partial charge in [-0.05, 0) is 23.6 Å². The first kappa shape index (κ1) is 8.05. The molecule has 2 rings (SSSR count). The molecule has 1 atom stereocenters. The first-order chi connectivity index (χ1) is 6.22. The number of carboxylic acid groups (broad SMARTS) is 1. The number of benzene rings is 1. The molecule has 13 heavy (non-hydrogen) atoms. The second kappa shape index (κ2) is 2.73. The van der Waals surface area contributed by atoms with Crippen molar-refractivity contribution >= 4 is 11.5 Å². The molecular weight excluding hydrogens is 164 g/mol. The summed E-state index contributed by atoms with van der Waals surface area (Å²) in [6.07, 6.45) is 0. The molecule has 1 aliphatic carbocycles. The van der Waals surface area contributed by atoms with E-state index in [1.807, 2.05) is 37.3 Å². The molecule has 0 aliphatic heterocycles. The zero-order valence-electron chi connectivity index (χ0n) is 7.32. The van der Waals surface area contributed by atoms with Gasteiger partial charge in [-0.2, -0.15) is 0 Å². The molecule has 0 saturated carbocycles. The monoisotopic (exact) mass is 174 g/mol. The van der Waals surface area contributed by atoms with Crippen LogP contribution in [0, 0.1) is 5.92 Å². The second-order valence-electron chi connectivity index (χ2n) is 3.23. The molecule has 0 aromatic heterocycles. The van der Waals surface area contributed by atoms with Crippen LogP contribution < -0.4 is 0 Å². The van der Waals surface area contributed by atoms with Crippen molar-refractivity contribution < 1.29 is 9.90 Å². The van der Waals surface area contributed by atoms with Crippen molar-refractivity contribution in [2.75, 3.05) is 0 Å². The van der Waals surface area contributed by atoms with Crippen molar-refractivity contribution in [1.82, 2.24) is 0 Å². The van der Waals surface area contributed by atoms with E-state index in [0.717, 1.165) is 16.7 Å². The molecule has 2 heteroatoms. The van der Waals surface area contributed by atoms with Gasteiger partial charge in [0.05, 0.1) is 0 Å². The van der Waals surface area contributed by atoms with Crippen LogP contribution in [0.15, 0.2) is 35.9 Å². The fourth-order valence-corrected chi connectivity index (χ4v) is 1.65. The van der Waals surface area contributed by atoms with E-state index in [4.69, 9.17) is 5.11 Å². The van der Waals surface area contributed by atoms with E-state index in [-0.39, 0.29) is 5.92 Å². The maximum Gasteiger partial charge on any atom is 0.315 e. The molecule has 1 aromatic carbocycles. The topological polar surface area (TPSA) is 37.3 Å². The molecule has 0 saturated heterocycles. The summed E-state index contributed by atoms with van der Waals surface area (Å²) in [4.78, 5) is 10.7. The lowest BCUT2D eigenvalue weighted by Gasteiger charge is -1.94. The minimum Gasteiger partial charge on any atom is -0.481 e. The van der Waals surface area contributed by atoms with Gasteiger partial charge in [-0.1, -0.05) is 30.3 Å². The Balaban J connectivity index is 2.27. The molecule has 0 amide bonds. The Labute approximate surface area is 76.5 Å². The minimum absolute atomic E-state index is 0.331. The Bertz CT molecular complexity index is 376. The third-order valence-electron chi connectivity index (χ3n) is 2.39. The Morgan fingerprint density at radius 2 is 1.92 bits per heavy atom. The number of hydrogen-bond acceptors (Lipinski definition) is 1. The molecule has 1 unspecified atom stereocenters. The third-order valence-corrected chi connectivity index (χ3v) is 2.39. The van der Waals surface area contributed by atoms with Crippen LogP contribution in [0.3, 0.4) is 0 Å². The average Bonchev–Trinajstić information content (AvgIpc) is 2.79. The lowest BCUT2D eigenvalue weighted by molar-refractivity contribution is -0.137. The highest BCUT2D eigenvalue weighted by Crippen LogP contribution is 2.46. The maximum atomic E-state index is 10.7. The fourth-order valence-electron chi connectivity index (χ4n) is 1.65. The number of rotatable bonds is 2. The predicted molar refractivity (Wildman–Crippen MR) is 50.2 cm³/mol. The molecule has 0 radical (unpaired) electrons. The number of carboxylic acids is 1. The summed E-state index contributed by atoms with van der Waals surface area (Å²) in [5, 5.41) is 8.81. The second-order valence-corrected chi connectivity index (χ2v) is 3.23. The van der Waals surface area contributed by atoms with Gasteiger partial charge in [0.2, 0.25) is 0 Å². The predicted octanol–water partition coefficient (Wildman–Crippen LogP) is 2.17. The van der Waals surface area contributed by atoms with E-state index in [9.17, 15) is 4.79 Å². The Hall–Kier alpha value is -1.57. The van der Waals surface area contributed by atoms with Gasteiger partial charge in [-0.3, -0.25) is 4.79 Å². The average molecular weight is 174 g/mol. The van der Waals surface area contributed by atoms with Crippen molar-refractivity contribution in [3.8, 4) is 0 Å². The van der Waals surface area contributed by atoms with Gasteiger partial charge in [-0.25, -0.2) is 0 Å². The number of aliphatic carboxylic acids is 1. The zero-order valence-corrected chi connectivity index (χ0v) is 7.32. The van der Waals surface area contributed by atoms with Crippen molar-refractivity contribution in [2.24, 2.45) is 5.92 Å². The molecule has 0 spiro atoms. The molecule has 2 nitrogen and oxygen atoms in total. The normalized spacial score (nSPS) is 20.2. The van der Waals surface area contributed by atoms with Crippen molar-refractivity contribution in [3.05, 3.63) is 41.5 Å². The maximum absolute atomic E-state index is 10.7. The van der Waals surface area contributed by atoms with Crippen LogP contribution in [0.5, 0.6) is 0 Å². The summed E-state index contributed by atoms with van der Waals surface area (Å²) < 4.78 is 0. The molecular formula is C11H10O2. The standard InChI is InChI=1S/C11H10O2/c1-7-9(10(7)11(12)13)8-5-3-2-4-6-8/h2-6,10H,1H3,(H,12,13). The molecule has 0 heterocycles. The van der Waals surface area contributed by atoms with Gasteiger partial charge in [0.25, 0.3) is 0 Å². The van der Waals surface area contributed by atoms with E-state index < -0.39 is 5.97 Å². The summed E-state index contributed by atoms with van der Waals surface area (Å²) in [5.41, 5.74) is 3.00. The van der Waals surface area contributed by atoms with E-state index in [1.54, 1.807) is 0 Å². The highest BCUT2D eigenvalue weighted by atomic mass is 16.4. The zero-order chi connectivity index (χ0) is 9.42. The molecule has 0 bridgehead atoms. The smallest absolute Gasteiger partial charge is 0.315 e. The Morgan fingerprint density at radius 1 is 1.31 bits per heavy atom. The summed E-state index contributed by atoms with van der Waals surface area (Å²) in [6.45, 7) is 1.88. The largest absolute Gasteiger partial charge is 0.481 e. The van der Waals surface area contributed by atoms with Crippen LogP contribution in [-0.2, 0) is 4.79 Å². The van der Waals surface area contributed by atoms with Gasteiger partial charge in [0.15, 0.2) is 0 Å². The van der Waals surface area contributed by atoms with Crippen LogP contribution >= 0.6 is 0 Å². The van der Waals surface area contributed by atoms with Crippen molar-refractivity contribution in [1.29, 1.82) is 0 Å². The van der Waals surface area contributed by atoms with Gasteiger partial charge in [0.1, 0.15) is 5.92 Å². The first-order valence-corrected chi connectivity index (χ1v) is 4.20. The van der Waals surface area contributed by atoms with Crippen LogP contribution in [0.4, 0.5) is 0 Å². The Kier molecular flexibility index (Phi) is 1.69. The molecule has 1 aromatic rings. The lowest BCUT2D eigenvalue weighted by Crippen LogP contribution is -2.00. The summed E-state index contributed by atoms with van der Waals surface area (Å²) in [6, 6.07) is 9.67. The highest BCUT2D eigenvalue weighted by Gasteiger charge is 2.39. The SMILES string of the molecule is CC1=C(c2ccccc2)C1C(=O)O. The van der Waals surface area contributed by atoms with E-state index in [1.165, 1.54) is 0 Å². The van der Waals surface area contributed by atoms with Gasteiger partial charge >= 0.3 is 5.97 Å². The van der Waals surface area contributed by atoms with Crippen LogP contribution in [0.1, 0.15) is 12.5 Å². The fraction of sp³-hybridized carbons (Fsp3) is 0.182. The lowest BCUT2D eigenvalue weighted by atomic mass is 10.1. The third kappa shape index (κ3) is 1.24. The van der Waals surface area contributed by atoms with Crippen molar-refractivity contribution in [3.63, 3.8) is 0 Å². The van der Waals surface area contributed by atoms with Crippen LogP contribution in [0.25, 0.3) is 5.57 Å². The molecule has 66 valence electrons. The summed E-state index contributed by atoms with van der Waals surface area (Å²) >= 11 is 0. The highest BCUT2D eigenvalue weighted by molar-refractivity contribution is 6.02. The molecule has 1 N–H and O–H groups in total. The summed E-state index contributed by atoms with van der Waals surface area (Å²) in [7, 11) is 0. The van der Waals surface area contributed by atoms with E-state index >= 15 is 0 Å². The minimum atomic E-state index is -0.739.